The van der Waals surface area contributed by atoms with Crippen LogP contribution in [0.15, 0.2) is 24.8 Å². The van der Waals surface area contributed by atoms with Gasteiger partial charge in [-0.2, -0.15) is 0 Å². The maximum absolute atomic E-state index is 3.58. The van der Waals surface area contributed by atoms with E-state index in [-0.39, 0.29) is 0 Å². The van der Waals surface area contributed by atoms with Crippen LogP contribution >= 0.6 is 15.9 Å². The van der Waals surface area contributed by atoms with Crippen molar-refractivity contribution in [2.75, 3.05) is 5.33 Å². The van der Waals surface area contributed by atoms with Gasteiger partial charge in [0.05, 0.1) is 0 Å². The SMILES string of the molecule is C=C/C=C/CCCCBr. The molecule has 0 unspecified atom stereocenters. The van der Waals surface area contributed by atoms with Gasteiger partial charge in [-0.15, -0.1) is 0 Å². The lowest BCUT2D eigenvalue weighted by molar-refractivity contribution is 0.827. The van der Waals surface area contributed by atoms with Gasteiger partial charge in [0.15, 0.2) is 0 Å². The molecule has 0 aliphatic heterocycles. The minimum absolute atomic E-state index is 1.12. The Bertz CT molecular complexity index is 84.6. The third-order valence-corrected chi connectivity index (χ3v) is 1.59. The van der Waals surface area contributed by atoms with Crippen LogP contribution in [0.1, 0.15) is 19.3 Å². The Labute approximate surface area is 65.8 Å². The fourth-order valence-electron chi connectivity index (χ4n) is 0.549. The van der Waals surface area contributed by atoms with E-state index >= 15 is 0 Å². The summed E-state index contributed by atoms with van der Waals surface area (Å²) in [4.78, 5) is 0. The van der Waals surface area contributed by atoms with E-state index in [1.165, 1.54) is 19.3 Å². The minimum atomic E-state index is 1.12. The van der Waals surface area contributed by atoms with Crippen molar-refractivity contribution in [2.24, 2.45) is 0 Å². The molecule has 0 aromatic heterocycles. The molecule has 0 amide bonds. The molecule has 0 aromatic rings. The summed E-state index contributed by atoms with van der Waals surface area (Å²) in [5, 5.41) is 1.12. The van der Waals surface area contributed by atoms with Crippen LogP contribution < -0.4 is 0 Å². The summed E-state index contributed by atoms with van der Waals surface area (Å²) in [5.41, 5.74) is 0. The number of alkyl halides is 1. The quantitative estimate of drug-likeness (QED) is 0.353. The molecule has 0 aromatic carbocycles. The lowest BCUT2D eigenvalue weighted by atomic mass is 10.2. The summed E-state index contributed by atoms with van der Waals surface area (Å²) in [6, 6.07) is 0. The molecular weight excluding hydrogens is 176 g/mol. The maximum atomic E-state index is 3.58. The van der Waals surface area contributed by atoms with Crippen molar-refractivity contribution in [3.8, 4) is 0 Å². The number of hydrogen-bond acceptors (Lipinski definition) is 0. The second-order valence-electron chi connectivity index (χ2n) is 1.85. The van der Waals surface area contributed by atoms with Gasteiger partial charge in [0, 0.05) is 5.33 Å². The Kier molecular flexibility index (Phi) is 7.92. The number of allylic oxidation sites excluding steroid dienone is 3. The number of halogens is 1. The molecule has 0 saturated heterocycles. The Morgan fingerprint density at radius 1 is 1.33 bits per heavy atom. The van der Waals surface area contributed by atoms with E-state index in [0.717, 1.165) is 5.33 Å². The third-order valence-electron chi connectivity index (χ3n) is 1.03. The Hall–Kier alpha value is -0.0400. The largest absolute Gasteiger partial charge is 0.0991 e. The van der Waals surface area contributed by atoms with Crippen LogP contribution in [0.2, 0.25) is 0 Å². The zero-order valence-corrected chi connectivity index (χ0v) is 7.23. The van der Waals surface area contributed by atoms with Gasteiger partial charge in [0.2, 0.25) is 0 Å². The first-order valence-corrected chi connectivity index (χ1v) is 4.37. The summed E-state index contributed by atoms with van der Waals surface area (Å²) in [5.74, 6) is 0. The van der Waals surface area contributed by atoms with Crippen molar-refractivity contribution >= 4 is 15.9 Å². The molecule has 0 fully saturated rings. The van der Waals surface area contributed by atoms with Gasteiger partial charge in [-0.1, -0.05) is 40.7 Å². The zero-order chi connectivity index (χ0) is 6.95. The van der Waals surface area contributed by atoms with Crippen molar-refractivity contribution in [2.45, 2.75) is 19.3 Å². The van der Waals surface area contributed by atoms with Crippen LogP contribution in [0.3, 0.4) is 0 Å². The Morgan fingerprint density at radius 2 is 2.11 bits per heavy atom. The summed E-state index contributed by atoms with van der Waals surface area (Å²) in [6.07, 6.45) is 9.67. The molecule has 0 N–H and O–H groups in total. The van der Waals surface area contributed by atoms with Crippen molar-refractivity contribution in [3.63, 3.8) is 0 Å². The van der Waals surface area contributed by atoms with Gasteiger partial charge in [0.1, 0.15) is 0 Å². The topological polar surface area (TPSA) is 0 Å². The molecule has 9 heavy (non-hydrogen) atoms. The van der Waals surface area contributed by atoms with Gasteiger partial charge in [-0.05, 0) is 19.3 Å². The molecular formula is C8H13Br. The van der Waals surface area contributed by atoms with E-state index in [4.69, 9.17) is 0 Å². The average Bonchev–Trinajstić information content (AvgIpc) is 1.89. The van der Waals surface area contributed by atoms with Crippen LogP contribution in [0.5, 0.6) is 0 Å². The molecule has 0 nitrogen and oxygen atoms in total. The molecule has 0 bridgehead atoms. The van der Waals surface area contributed by atoms with E-state index in [9.17, 15) is 0 Å². The van der Waals surface area contributed by atoms with E-state index in [1.807, 2.05) is 12.2 Å². The van der Waals surface area contributed by atoms with Crippen molar-refractivity contribution in [1.29, 1.82) is 0 Å². The highest BCUT2D eigenvalue weighted by atomic mass is 79.9. The highest BCUT2D eigenvalue weighted by Gasteiger charge is 1.79. The molecule has 52 valence electrons. The van der Waals surface area contributed by atoms with E-state index in [0.29, 0.717) is 0 Å². The minimum Gasteiger partial charge on any atom is -0.0991 e. The van der Waals surface area contributed by atoms with Gasteiger partial charge < -0.3 is 0 Å². The smallest absolute Gasteiger partial charge is 0.00314 e. The van der Waals surface area contributed by atoms with Crippen LogP contribution in [0.4, 0.5) is 0 Å². The molecule has 0 spiro atoms. The maximum Gasteiger partial charge on any atom is 0.00314 e. The second-order valence-corrected chi connectivity index (χ2v) is 2.64. The van der Waals surface area contributed by atoms with Gasteiger partial charge in [-0.3, -0.25) is 0 Å². The Balaban J connectivity index is 2.90. The first-order valence-electron chi connectivity index (χ1n) is 3.25. The summed E-state index contributed by atoms with van der Waals surface area (Å²) in [6.45, 7) is 3.58. The number of unbranched alkanes of at least 4 members (excludes halogenated alkanes) is 2. The summed E-state index contributed by atoms with van der Waals surface area (Å²) in [7, 11) is 0. The van der Waals surface area contributed by atoms with Gasteiger partial charge >= 0.3 is 0 Å². The summed E-state index contributed by atoms with van der Waals surface area (Å²) < 4.78 is 0. The lowest BCUT2D eigenvalue weighted by Gasteiger charge is -1.88. The predicted octanol–water partition coefficient (Wildman–Crippen LogP) is 3.29. The molecule has 1 heteroatoms. The molecule has 0 rings (SSSR count). The monoisotopic (exact) mass is 188 g/mol. The van der Waals surface area contributed by atoms with E-state index in [1.54, 1.807) is 0 Å². The average molecular weight is 189 g/mol. The highest BCUT2D eigenvalue weighted by molar-refractivity contribution is 9.09. The molecule has 0 heterocycles. The van der Waals surface area contributed by atoms with Crippen LogP contribution in [0, 0.1) is 0 Å². The van der Waals surface area contributed by atoms with Crippen molar-refractivity contribution in [1.82, 2.24) is 0 Å². The highest BCUT2D eigenvalue weighted by Crippen LogP contribution is 1.98. The first-order chi connectivity index (χ1) is 4.41. The molecule has 0 saturated carbocycles. The third kappa shape index (κ3) is 7.96. The fourth-order valence-corrected chi connectivity index (χ4v) is 0.946. The Morgan fingerprint density at radius 3 is 2.67 bits per heavy atom. The zero-order valence-electron chi connectivity index (χ0n) is 5.65. The lowest BCUT2D eigenvalue weighted by Crippen LogP contribution is -1.72. The van der Waals surface area contributed by atoms with Gasteiger partial charge in [-0.25, -0.2) is 0 Å². The standard InChI is InChI=1S/C8H13Br/c1-2-3-4-5-6-7-8-9/h2-4H,1,5-8H2/b4-3+. The van der Waals surface area contributed by atoms with E-state index in [2.05, 4.69) is 28.6 Å². The van der Waals surface area contributed by atoms with Crippen LogP contribution in [-0.2, 0) is 0 Å². The predicted molar refractivity (Wildman–Crippen MR) is 47.0 cm³/mol. The molecule has 0 aliphatic carbocycles. The fraction of sp³-hybridized carbons (Fsp3) is 0.500. The molecule has 0 atom stereocenters. The number of hydrogen-bond donors (Lipinski definition) is 0. The summed E-state index contributed by atoms with van der Waals surface area (Å²) >= 11 is 3.37. The van der Waals surface area contributed by atoms with Crippen molar-refractivity contribution in [3.05, 3.63) is 24.8 Å². The number of rotatable bonds is 5. The first kappa shape index (κ1) is 8.96. The van der Waals surface area contributed by atoms with E-state index < -0.39 is 0 Å². The van der Waals surface area contributed by atoms with Gasteiger partial charge in [0.25, 0.3) is 0 Å². The molecule has 0 radical (unpaired) electrons. The second kappa shape index (κ2) is 7.96. The van der Waals surface area contributed by atoms with Crippen LogP contribution in [-0.4, -0.2) is 5.33 Å². The molecule has 0 aliphatic rings. The van der Waals surface area contributed by atoms with Crippen LogP contribution in [0.25, 0.3) is 0 Å². The van der Waals surface area contributed by atoms with Crippen molar-refractivity contribution < 1.29 is 0 Å². The normalized spacial score (nSPS) is 10.3.